The molecule has 218 valence electrons. The van der Waals surface area contributed by atoms with Crippen LogP contribution >= 0.6 is 11.6 Å². The molecule has 0 N–H and O–H groups in total. The molecule has 1 saturated heterocycles. The molecule has 0 saturated carbocycles. The number of benzene rings is 2. The highest BCUT2D eigenvalue weighted by Crippen LogP contribution is 2.44. The number of nitrogens with zero attached hydrogens (tertiary/aromatic N) is 6. The zero-order valence-corrected chi connectivity index (χ0v) is 25.8. The van der Waals surface area contributed by atoms with Crippen LogP contribution in [0.2, 0.25) is 5.02 Å². The smallest absolute Gasteiger partial charge is 0.312 e. The van der Waals surface area contributed by atoms with Crippen molar-refractivity contribution in [2.45, 2.75) is 66.0 Å². The number of halogens is 1. The highest BCUT2D eigenvalue weighted by Gasteiger charge is 2.41. The van der Waals surface area contributed by atoms with Crippen molar-refractivity contribution in [3.8, 4) is 0 Å². The number of hydrogen-bond donors (Lipinski definition) is 0. The molecule has 1 fully saturated rings. The number of ether oxygens (including phenoxy) is 1. The van der Waals surface area contributed by atoms with Gasteiger partial charge in [-0.1, -0.05) is 48.4 Å². The Morgan fingerprint density at radius 3 is 2.63 bits per heavy atom. The van der Waals surface area contributed by atoms with Crippen LogP contribution in [0.25, 0.3) is 11.0 Å². The quantitative estimate of drug-likeness (QED) is 0.223. The Balaban J connectivity index is 1.50. The second-order valence-corrected chi connectivity index (χ2v) is 12.4. The fourth-order valence-electron chi connectivity index (χ4n) is 6.39. The van der Waals surface area contributed by atoms with E-state index in [4.69, 9.17) is 21.3 Å². The summed E-state index contributed by atoms with van der Waals surface area (Å²) in [6.07, 6.45) is 7.66. The number of aromatic nitrogens is 5. The molecule has 0 amide bonds. The summed E-state index contributed by atoms with van der Waals surface area (Å²) in [5.74, 6) is 1.31. The Labute approximate surface area is 247 Å². The van der Waals surface area contributed by atoms with Crippen LogP contribution in [0.5, 0.6) is 0 Å². The molecule has 1 aliphatic heterocycles. The fourth-order valence-corrected chi connectivity index (χ4v) is 6.57. The number of fused-ring (bicyclic) bond motifs is 1. The second-order valence-electron chi connectivity index (χ2n) is 12.0. The van der Waals surface area contributed by atoms with Crippen molar-refractivity contribution in [1.82, 2.24) is 29.4 Å². The molecule has 3 heterocycles. The summed E-state index contributed by atoms with van der Waals surface area (Å²) in [6, 6.07) is 10.2. The maximum atomic E-state index is 13.2. The first kappa shape index (κ1) is 29.3. The van der Waals surface area contributed by atoms with Crippen molar-refractivity contribution in [1.29, 1.82) is 0 Å². The van der Waals surface area contributed by atoms with Gasteiger partial charge >= 0.3 is 5.97 Å². The molecule has 5 rings (SSSR count). The number of piperidine rings is 1. The molecule has 0 aliphatic carbocycles. The van der Waals surface area contributed by atoms with E-state index in [1.54, 1.807) is 4.68 Å². The Bertz CT molecular complexity index is 1530. The number of imidazole rings is 1. The number of esters is 1. The third kappa shape index (κ3) is 5.77. The zero-order valence-electron chi connectivity index (χ0n) is 25.0. The number of likely N-dealkylation sites (tertiary alicyclic amines) is 1. The van der Waals surface area contributed by atoms with Gasteiger partial charge in [-0.05, 0) is 87.0 Å². The van der Waals surface area contributed by atoms with Crippen LogP contribution < -0.4 is 0 Å². The Hall–Kier alpha value is -3.23. The fraction of sp³-hybridized carbons (Fsp3) is 0.500. The Morgan fingerprint density at radius 1 is 1.17 bits per heavy atom. The summed E-state index contributed by atoms with van der Waals surface area (Å²) in [4.78, 5) is 20.4. The number of aryl methyl sites for hydroxylation is 2. The van der Waals surface area contributed by atoms with Crippen LogP contribution in [0.3, 0.4) is 0 Å². The van der Waals surface area contributed by atoms with E-state index in [9.17, 15) is 4.79 Å². The minimum Gasteiger partial charge on any atom is -0.469 e. The molecular weight excluding hydrogens is 536 g/mol. The molecule has 2 aromatic heterocycles. The lowest BCUT2D eigenvalue weighted by molar-refractivity contribution is -0.151. The molecule has 1 aliphatic rings. The normalized spacial score (nSPS) is 15.9. The van der Waals surface area contributed by atoms with Gasteiger partial charge in [-0.25, -0.2) is 9.67 Å². The van der Waals surface area contributed by atoms with Crippen LogP contribution in [0, 0.1) is 18.3 Å². The molecule has 1 atom stereocenters. The van der Waals surface area contributed by atoms with Gasteiger partial charge < -0.3 is 9.30 Å². The monoisotopic (exact) mass is 576 g/mol. The first-order chi connectivity index (χ1) is 19.6. The maximum absolute atomic E-state index is 13.2. The number of methoxy groups -OCH3 is 1. The number of carbonyl (C=O) groups is 1. The number of hydrogen-bond acceptors (Lipinski definition) is 6. The standard InChI is InChI=1S/C32H41ClN6O2/c1-7-22-12-15-38(16-13-22)20-28-34-14-17-39(28)19-24-18-23(8-10-26(24)33)29(32(3,4)31(40)41-6)25-9-11-27-30(21(25)2)35-36-37(27)5/h8-11,14,17-18,22,29H,7,12-13,15-16,19-20H2,1-6H3/t29-/m1/s1. The molecular formula is C32H41ClN6O2. The summed E-state index contributed by atoms with van der Waals surface area (Å²) >= 11 is 6.80. The molecule has 0 bridgehead atoms. The lowest BCUT2D eigenvalue weighted by Gasteiger charge is -2.34. The predicted molar refractivity (Wildman–Crippen MR) is 162 cm³/mol. The molecule has 9 heteroatoms. The summed E-state index contributed by atoms with van der Waals surface area (Å²) in [6.45, 7) is 11.9. The van der Waals surface area contributed by atoms with E-state index in [1.807, 2.05) is 58.4 Å². The van der Waals surface area contributed by atoms with Gasteiger partial charge in [0.05, 0.1) is 31.1 Å². The van der Waals surface area contributed by atoms with Crippen molar-refractivity contribution >= 4 is 28.6 Å². The lowest BCUT2D eigenvalue weighted by atomic mass is 9.70. The molecule has 0 unspecified atom stereocenters. The SMILES string of the molecule is CCC1CCN(Cc2nccn2Cc2cc([C@H](c3ccc4c(nnn4C)c3C)C(C)(C)C(=O)OC)ccc2Cl)CC1. The summed E-state index contributed by atoms with van der Waals surface area (Å²) in [5, 5.41) is 9.31. The minimum absolute atomic E-state index is 0.276. The van der Waals surface area contributed by atoms with Gasteiger partial charge in [0.25, 0.3) is 0 Å². The third-order valence-corrected chi connectivity index (χ3v) is 9.39. The summed E-state index contributed by atoms with van der Waals surface area (Å²) < 4.78 is 9.25. The largest absolute Gasteiger partial charge is 0.469 e. The van der Waals surface area contributed by atoms with E-state index in [0.29, 0.717) is 11.6 Å². The van der Waals surface area contributed by atoms with E-state index in [0.717, 1.165) is 64.7 Å². The van der Waals surface area contributed by atoms with E-state index in [-0.39, 0.29) is 11.9 Å². The molecule has 41 heavy (non-hydrogen) atoms. The van der Waals surface area contributed by atoms with Crippen molar-refractivity contribution in [2.24, 2.45) is 18.4 Å². The average molecular weight is 577 g/mol. The van der Waals surface area contributed by atoms with Crippen LogP contribution in [-0.2, 0) is 29.7 Å². The molecule has 0 radical (unpaired) electrons. The van der Waals surface area contributed by atoms with Gasteiger partial charge in [0, 0.05) is 30.4 Å². The minimum atomic E-state index is -0.856. The molecule has 0 spiro atoms. The van der Waals surface area contributed by atoms with Gasteiger partial charge in [-0.2, -0.15) is 0 Å². The number of carbonyl (C=O) groups excluding carboxylic acids is 1. The maximum Gasteiger partial charge on any atom is 0.312 e. The first-order valence-corrected chi connectivity index (χ1v) is 14.9. The van der Waals surface area contributed by atoms with Crippen molar-refractivity contribution in [3.63, 3.8) is 0 Å². The summed E-state index contributed by atoms with van der Waals surface area (Å²) in [7, 11) is 3.33. The lowest BCUT2D eigenvalue weighted by Crippen LogP contribution is -2.34. The van der Waals surface area contributed by atoms with Crippen LogP contribution in [0.1, 0.15) is 74.0 Å². The highest BCUT2D eigenvalue weighted by molar-refractivity contribution is 6.31. The van der Waals surface area contributed by atoms with Crippen molar-refractivity contribution < 1.29 is 9.53 Å². The zero-order chi connectivity index (χ0) is 29.3. The first-order valence-electron chi connectivity index (χ1n) is 14.5. The van der Waals surface area contributed by atoms with Crippen LogP contribution in [-0.4, -0.2) is 55.6 Å². The Kier molecular flexibility index (Phi) is 8.52. The molecule has 2 aromatic carbocycles. The van der Waals surface area contributed by atoms with Gasteiger partial charge in [-0.3, -0.25) is 9.69 Å². The van der Waals surface area contributed by atoms with Crippen molar-refractivity contribution in [3.05, 3.63) is 75.8 Å². The molecule has 4 aromatic rings. The van der Waals surface area contributed by atoms with E-state index in [2.05, 4.69) is 38.8 Å². The van der Waals surface area contributed by atoms with E-state index in [1.165, 1.54) is 26.4 Å². The summed E-state index contributed by atoms with van der Waals surface area (Å²) in [5.41, 5.74) is 4.91. The van der Waals surface area contributed by atoms with E-state index < -0.39 is 5.41 Å². The topological polar surface area (TPSA) is 78.1 Å². The van der Waals surface area contributed by atoms with Crippen LogP contribution in [0.4, 0.5) is 0 Å². The number of rotatable bonds is 9. The van der Waals surface area contributed by atoms with Gasteiger partial charge in [0.1, 0.15) is 11.3 Å². The van der Waals surface area contributed by atoms with Gasteiger partial charge in [-0.15, -0.1) is 5.10 Å². The molecule has 8 nitrogen and oxygen atoms in total. The second kappa shape index (κ2) is 11.9. The predicted octanol–water partition coefficient (Wildman–Crippen LogP) is 6.13. The Morgan fingerprint density at radius 2 is 1.93 bits per heavy atom. The van der Waals surface area contributed by atoms with Gasteiger partial charge in [0.2, 0.25) is 0 Å². The van der Waals surface area contributed by atoms with Crippen LogP contribution in [0.15, 0.2) is 42.7 Å². The third-order valence-electron chi connectivity index (χ3n) is 9.02. The van der Waals surface area contributed by atoms with E-state index >= 15 is 0 Å². The highest BCUT2D eigenvalue weighted by atomic mass is 35.5. The van der Waals surface area contributed by atoms with Gasteiger partial charge in [0.15, 0.2) is 0 Å². The average Bonchev–Trinajstić information content (AvgIpc) is 3.57. The van der Waals surface area contributed by atoms with Crippen molar-refractivity contribution in [2.75, 3.05) is 20.2 Å².